The van der Waals surface area contributed by atoms with E-state index < -0.39 is 19.9 Å². The Hall–Kier alpha value is -0.960. The minimum atomic E-state index is -3.61. The molecule has 0 heterocycles. The van der Waals surface area contributed by atoms with Crippen LogP contribution in [-0.4, -0.2) is 65.5 Å². The first-order valence-corrected chi connectivity index (χ1v) is 11.4. The molecule has 136 valence electrons. The van der Waals surface area contributed by atoms with Gasteiger partial charge in [0.15, 0.2) is 9.84 Å². The van der Waals surface area contributed by atoms with Crippen LogP contribution in [0.15, 0.2) is 34.1 Å². The lowest BCUT2D eigenvalue weighted by atomic mass is 10.2. The molecule has 8 heteroatoms. The fourth-order valence-corrected chi connectivity index (χ4v) is 4.78. The molecule has 0 bridgehead atoms. The Morgan fingerprint density at radius 2 is 1.42 bits per heavy atom. The first-order valence-electron chi connectivity index (χ1n) is 8.09. The van der Waals surface area contributed by atoms with Gasteiger partial charge in [-0.3, -0.25) is 0 Å². The van der Waals surface area contributed by atoms with Gasteiger partial charge in [0.05, 0.1) is 9.79 Å². The minimum Gasteiger partial charge on any atom is -0.302 e. The molecule has 1 saturated carbocycles. The Morgan fingerprint density at radius 1 is 0.917 bits per heavy atom. The van der Waals surface area contributed by atoms with E-state index in [-0.39, 0.29) is 9.79 Å². The first-order chi connectivity index (χ1) is 11.1. The third-order valence-corrected chi connectivity index (χ3v) is 7.68. The third kappa shape index (κ3) is 4.56. The molecular formula is C16H26N2O4S2. The summed E-state index contributed by atoms with van der Waals surface area (Å²) < 4.78 is 49.4. The zero-order chi connectivity index (χ0) is 18.0. The summed E-state index contributed by atoms with van der Waals surface area (Å²) in [6.07, 6.45) is 5.95. The van der Waals surface area contributed by atoms with Gasteiger partial charge in [-0.1, -0.05) is 12.8 Å². The van der Waals surface area contributed by atoms with Crippen molar-refractivity contribution in [2.45, 2.75) is 41.5 Å². The molecule has 1 aliphatic carbocycles. The highest BCUT2D eigenvalue weighted by Crippen LogP contribution is 2.22. The summed E-state index contributed by atoms with van der Waals surface area (Å²) in [7, 11) is -3.34. The fraction of sp³-hybridized carbons (Fsp3) is 0.625. The van der Waals surface area contributed by atoms with E-state index in [0.29, 0.717) is 19.1 Å². The van der Waals surface area contributed by atoms with E-state index in [1.807, 2.05) is 7.05 Å². The second-order valence-corrected chi connectivity index (χ2v) is 10.5. The van der Waals surface area contributed by atoms with Gasteiger partial charge >= 0.3 is 0 Å². The second kappa shape index (κ2) is 7.51. The molecule has 0 aromatic heterocycles. The van der Waals surface area contributed by atoms with E-state index in [9.17, 15) is 16.8 Å². The SMILES string of the molecule is CN(CCN(C)S(=O)(=O)c1ccc(S(C)(=O)=O)cc1)C1CCCC1. The molecule has 0 spiro atoms. The number of likely N-dealkylation sites (N-methyl/N-ethyl adjacent to an activating group) is 2. The molecule has 0 saturated heterocycles. The average molecular weight is 375 g/mol. The largest absolute Gasteiger partial charge is 0.302 e. The van der Waals surface area contributed by atoms with Crippen LogP contribution in [-0.2, 0) is 19.9 Å². The van der Waals surface area contributed by atoms with Crippen LogP contribution in [0.4, 0.5) is 0 Å². The maximum absolute atomic E-state index is 12.6. The van der Waals surface area contributed by atoms with Crippen molar-refractivity contribution in [3.8, 4) is 0 Å². The highest BCUT2D eigenvalue weighted by Gasteiger charge is 2.24. The number of rotatable bonds is 7. The van der Waals surface area contributed by atoms with Crippen LogP contribution < -0.4 is 0 Å². The molecule has 0 unspecified atom stereocenters. The van der Waals surface area contributed by atoms with Crippen LogP contribution in [0.25, 0.3) is 0 Å². The van der Waals surface area contributed by atoms with Gasteiger partial charge in [0.1, 0.15) is 0 Å². The van der Waals surface area contributed by atoms with Crippen molar-refractivity contribution in [1.82, 2.24) is 9.21 Å². The highest BCUT2D eigenvalue weighted by molar-refractivity contribution is 7.90. The van der Waals surface area contributed by atoms with Gasteiger partial charge in [-0.25, -0.2) is 16.8 Å². The molecule has 6 nitrogen and oxygen atoms in total. The molecule has 0 radical (unpaired) electrons. The molecule has 0 aliphatic heterocycles. The number of benzene rings is 1. The number of sulfonamides is 1. The van der Waals surface area contributed by atoms with Crippen LogP contribution in [0.3, 0.4) is 0 Å². The molecule has 0 atom stereocenters. The van der Waals surface area contributed by atoms with E-state index in [4.69, 9.17) is 0 Å². The molecule has 24 heavy (non-hydrogen) atoms. The molecule has 1 aromatic rings. The van der Waals surface area contributed by atoms with Crippen molar-refractivity contribution in [2.24, 2.45) is 0 Å². The molecule has 1 aromatic carbocycles. The van der Waals surface area contributed by atoms with E-state index in [2.05, 4.69) is 4.90 Å². The standard InChI is InChI=1S/C16H26N2O4S2/c1-17(14-6-4-5-7-14)12-13-18(2)24(21,22)16-10-8-15(9-11-16)23(3,19)20/h8-11,14H,4-7,12-13H2,1-3H3. The molecule has 1 fully saturated rings. The number of hydrogen-bond donors (Lipinski definition) is 0. The van der Waals surface area contributed by atoms with E-state index in [0.717, 1.165) is 6.26 Å². The van der Waals surface area contributed by atoms with Crippen molar-refractivity contribution in [3.63, 3.8) is 0 Å². The summed E-state index contributed by atoms with van der Waals surface area (Å²) in [5, 5.41) is 0. The topological polar surface area (TPSA) is 74.8 Å². The maximum atomic E-state index is 12.6. The van der Waals surface area contributed by atoms with E-state index in [1.165, 1.54) is 54.3 Å². The molecule has 1 aliphatic rings. The Balaban J connectivity index is 2.03. The molecular weight excluding hydrogens is 348 g/mol. The number of hydrogen-bond acceptors (Lipinski definition) is 5. The van der Waals surface area contributed by atoms with Gasteiger partial charge < -0.3 is 4.90 Å². The van der Waals surface area contributed by atoms with Crippen molar-refractivity contribution in [1.29, 1.82) is 0 Å². The quantitative estimate of drug-likeness (QED) is 0.724. The summed E-state index contributed by atoms with van der Waals surface area (Å²) in [5.74, 6) is 0. The van der Waals surface area contributed by atoms with Crippen molar-refractivity contribution >= 4 is 19.9 Å². The Kier molecular flexibility index (Phi) is 6.06. The lowest BCUT2D eigenvalue weighted by Gasteiger charge is -2.26. The van der Waals surface area contributed by atoms with Crippen molar-refractivity contribution < 1.29 is 16.8 Å². The predicted octanol–water partition coefficient (Wildman–Crippen LogP) is 1.58. The van der Waals surface area contributed by atoms with E-state index >= 15 is 0 Å². The Bertz CT molecular complexity index is 752. The van der Waals surface area contributed by atoms with Crippen LogP contribution in [0, 0.1) is 0 Å². The molecule has 0 amide bonds. The Morgan fingerprint density at radius 3 is 1.92 bits per heavy atom. The average Bonchev–Trinajstić information content (AvgIpc) is 3.06. The fourth-order valence-electron chi connectivity index (χ4n) is 2.99. The van der Waals surface area contributed by atoms with E-state index in [1.54, 1.807) is 7.05 Å². The number of sulfone groups is 1. The monoisotopic (exact) mass is 374 g/mol. The van der Waals surface area contributed by atoms with Gasteiger partial charge in [0.25, 0.3) is 0 Å². The van der Waals surface area contributed by atoms with Gasteiger partial charge in [-0.15, -0.1) is 0 Å². The normalized spacial score (nSPS) is 17.0. The Labute approximate surface area is 145 Å². The summed E-state index contributed by atoms with van der Waals surface area (Å²) in [6, 6.07) is 5.92. The van der Waals surface area contributed by atoms with Crippen LogP contribution >= 0.6 is 0 Å². The smallest absolute Gasteiger partial charge is 0.242 e. The second-order valence-electron chi connectivity index (χ2n) is 6.49. The van der Waals surface area contributed by atoms with Gasteiger partial charge in [-0.05, 0) is 44.2 Å². The lowest BCUT2D eigenvalue weighted by Crippen LogP contribution is -2.38. The third-order valence-electron chi connectivity index (χ3n) is 4.68. The summed E-state index contributed by atoms with van der Waals surface area (Å²) in [4.78, 5) is 2.46. The highest BCUT2D eigenvalue weighted by atomic mass is 32.2. The van der Waals surface area contributed by atoms with Gasteiger partial charge in [-0.2, -0.15) is 4.31 Å². The van der Waals surface area contributed by atoms with Crippen molar-refractivity contribution in [3.05, 3.63) is 24.3 Å². The zero-order valence-electron chi connectivity index (χ0n) is 14.5. The van der Waals surface area contributed by atoms with Gasteiger partial charge in [0.2, 0.25) is 10.0 Å². The van der Waals surface area contributed by atoms with Crippen LogP contribution in [0.2, 0.25) is 0 Å². The maximum Gasteiger partial charge on any atom is 0.242 e. The number of nitrogens with zero attached hydrogens (tertiary/aromatic N) is 2. The molecule has 0 N–H and O–H groups in total. The lowest BCUT2D eigenvalue weighted by molar-refractivity contribution is 0.233. The summed E-state index contributed by atoms with van der Waals surface area (Å²) >= 11 is 0. The first kappa shape index (κ1) is 19.4. The van der Waals surface area contributed by atoms with Crippen LogP contribution in [0.1, 0.15) is 25.7 Å². The zero-order valence-corrected chi connectivity index (χ0v) is 16.1. The van der Waals surface area contributed by atoms with Crippen molar-refractivity contribution in [2.75, 3.05) is 33.4 Å². The predicted molar refractivity (Wildman–Crippen MR) is 94.3 cm³/mol. The summed E-state index contributed by atoms with van der Waals surface area (Å²) in [5.41, 5.74) is 0. The van der Waals surface area contributed by atoms with Crippen LogP contribution in [0.5, 0.6) is 0 Å². The summed E-state index contributed by atoms with van der Waals surface area (Å²) in [6.45, 7) is 1.09. The van der Waals surface area contributed by atoms with Gasteiger partial charge in [0, 0.05) is 32.4 Å². The molecule has 2 rings (SSSR count). The minimum absolute atomic E-state index is 0.112.